The van der Waals surface area contributed by atoms with Gasteiger partial charge in [0.2, 0.25) is 0 Å². The SMILES string of the molecule is CSC1(CNC(=O)c2n[nH]c(=O)c3ccccc23)CCC1. The Hall–Kier alpha value is -1.82. The highest BCUT2D eigenvalue weighted by Gasteiger charge is 2.36. The molecule has 5 nitrogen and oxygen atoms in total. The van der Waals surface area contributed by atoms with E-state index in [1.54, 1.807) is 24.3 Å². The minimum atomic E-state index is -0.276. The Kier molecular flexibility index (Phi) is 3.71. The first-order chi connectivity index (χ1) is 10.2. The number of nitrogens with one attached hydrogen (secondary N) is 2. The number of hydrogen-bond donors (Lipinski definition) is 2. The second-order valence-electron chi connectivity index (χ2n) is 5.37. The van der Waals surface area contributed by atoms with Crippen LogP contribution < -0.4 is 10.9 Å². The van der Waals surface area contributed by atoms with Gasteiger partial charge in [-0.3, -0.25) is 9.59 Å². The molecule has 110 valence electrons. The summed E-state index contributed by atoms with van der Waals surface area (Å²) in [4.78, 5) is 24.1. The molecule has 3 rings (SSSR count). The third-order valence-electron chi connectivity index (χ3n) is 4.18. The lowest BCUT2D eigenvalue weighted by atomic mass is 9.84. The Bertz CT molecular complexity index is 732. The van der Waals surface area contributed by atoms with E-state index in [1.165, 1.54) is 6.42 Å². The first-order valence-corrected chi connectivity index (χ1v) is 8.18. The molecule has 0 atom stereocenters. The summed E-state index contributed by atoms with van der Waals surface area (Å²) in [6.45, 7) is 0.641. The van der Waals surface area contributed by atoms with Gasteiger partial charge in [-0.15, -0.1) is 0 Å². The molecule has 1 fully saturated rings. The van der Waals surface area contributed by atoms with Crippen molar-refractivity contribution in [2.24, 2.45) is 0 Å². The van der Waals surface area contributed by atoms with E-state index in [0.29, 0.717) is 17.3 Å². The molecule has 0 saturated heterocycles. The maximum absolute atomic E-state index is 12.4. The summed E-state index contributed by atoms with van der Waals surface area (Å²) in [6, 6.07) is 7.02. The number of fused-ring (bicyclic) bond motifs is 1. The zero-order valence-electron chi connectivity index (χ0n) is 11.8. The van der Waals surface area contributed by atoms with Crippen LogP contribution in [-0.2, 0) is 0 Å². The predicted molar refractivity (Wildman–Crippen MR) is 84.8 cm³/mol. The molecular weight excluding hydrogens is 286 g/mol. The number of benzene rings is 1. The molecule has 0 spiro atoms. The topological polar surface area (TPSA) is 74.8 Å². The smallest absolute Gasteiger partial charge is 0.272 e. The number of rotatable bonds is 4. The lowest BCUT2D eigenvalue weighted by Crippen LogP contribution is -2.45. The van der Waals surface area contributed by atoms with Crippen molar-refractivity contribution in [1.29, 1.82) is 0 Å². The van der Waals surface area contributed by atoms with Gasteiger partial charge < -0.3 is 5.32 Å². The maximum Gasteiger partial charge on any atom is 0.272 e. The Labute approximate surface area is 126 Å². The molecule has 1 heterocycles. The van der Waals surface area contributed by atoms with Gasteiger partial charge in [-0.25, -0.2) is 5.10 Å². The van der Waals surface area contributed by atoms with E-state index in [2.05, 4.69) is 21.8 Å². The van der Waals surface area contributed by atoms with Crippen LogP contribution >= 0.6 is 11.8 Å². The van der Waals surface area contributed by atoms with Crippen molar-refractivity contribution in [1.82, 2.24) is 15.5 Å². The standard InChI is InChI=1S/C15H17N3O2S/c1-21-15(7-4-8-15)9-16-14(20)12-10-5-2-3-6-11(10)13(19)18-17-12/h2-3,5-6H,4,7-9H2,1H3,(H,16,20)(H,18,19). The van der Waals surface area contributed by atoms with Gasteiger partial charge in [0, 0.05) is 16.7 Å². The first kappa shape index (κ1) is 14.1. The molecule has 1 amide bonds. The number of thioether (sulfide) groups is 1. The highest BCUT2D eigenvalue weighted by Crippen LogP contribution is 2.42. The van der Waals surface area contributed by atoms with Gasteiger partial charge in [-0.1, -0.05) is 24.6 Å². The second kappa shape index (κ2) is 5.52. The average molecular weight is 303 g/mol. The highest BCUT2D eigenvalue weighted by atomic mass is 32.2. The average Bonchev–Trinajstić information content (AvgIpc) is 2.47. The number of aromatic amines is 1. The number of hydrogen-bond acceptors (Lipinski definition) is 4. The Balaban J connectivity index is 1.85. The van der Waals surface area contributed by atoms with Crippen LogP contribution in [0.4, 0.5) is 0 Å². The zero-order valence-corrected chi connectivity index (χ0v) is 12.6. The Morgan fingerprint density at radius 2 is 2.10 bits per heavy atom. The molecule has 0 bridgehead atoms. The molecular formula is C15H17N3O2S. The summed E-state index contributed by atoms with van der Waals surface area (Å²) >= 11 is 1.81. The van der Waals surface area contributed by atoms with Crippen LogP contribution in [0.2, 0.25) is 0 Å². The number of H-pyrrole nitrogens is 1. The zero-order chi connectivity index (χ0) is 14.9. The summed E-state index contributed by atoms with van der Waals surface area (Å²) in [5.41, 5.74) is 0.00232. The summed E-state index contributed by atoms with van der Waals surface area (Å²) in [5.74, 6) is -0.234. The normalized spacial score (nSPS) is 16.4. The van der Waals surface area contributed by atoms with Crippen LogP contribution in [0.25, 0.3) is 10.8 Å². The van der Waals surface area contributed by atoms with E-state index >= 15 is 0 Å². The first-order valence-electron chi connectivity index (χ1n) is 6.96. The molecule has 2 N–H and O–H groups in total. The summed E-state index contributed by atoms with van der Waals surface area (Å²) in [7, 11) is 0. The minimum Gasteiger partial charge on any atom is -0.349 e. The van der Waals surface area contributed by atoms with Crippen molar-refractivity contribution >= 4 is 28.4 Å². The fraction of sp³-hybridized carbons (Fsp3) is 0.400. The number of carbonyl (C=O) groups excluding carboxylic acids is 1. The van der Waals surface area contributed by atoms with Crippen LogP contribution in [0.5, 0.6) is 0 Å². The maximum atomic E-state index is 12.4. The van der Waals surface area contributed by atoms with Gasteiger partial charge in [0.25, 0.3) is 11.5 Å². The molecule has 1 aliphatic carbocycles. The van der Waals surface area contributed by atoms with Gasteiger partial charge in [0.15, 0.2) is 5.69 Å². The van der Waals surface area contributed by atoms with Gasteiger partial charge in [0.05, 0.1) is 5.39 Å². The number of nitrogens with zero attached hydrogens (tertiary/aromatic N) is 1. The van der Waals surface area contributed by atoms with Gasteiger partial charge in [-0.2, -0.15) is 16.9 Å². The number of aromatic nitrogens is 2. The van der Waals surface area contributed by atoms with E-state index in [9.17, 15) is 9.59 Å². The van der Waals surface area contributed by atoms with Crippen molar-refractivity contribution in [3.8, 4) is 0 Å². The van der Waals surface area contributed by atoms with Crippen molar-refractivity contribution in [3.63, 3.8) is 0 Å². The van der Waals surface area contributed by atoms with Gasteiger partial charge in [0.1, 0.15) is 0 Å². The van der Waals surface area contributed by atoms with Crippen LogP contribution in [-0.4, -0.2) is 33.7 Å². The summed E-state index contributed by atoms with van der Waals surface area (Å²) < 4.78 is 0.174. The van der Waals surface area contributed by atoms with Crippen LogP contribution in [0.1, 0.15) is 29.8 Å². The monoisotopic (exact) mass is 303 g/mol. The molecule has 1 saturated carbocycles. The number of carbonyl (C=O) groups is 1. The summed E-state index contributed by atoms with van der Waals surface area (Å²) in [5, 5.41) is 10.3. The molecule has 0 radical (unpaired) electrons. The van der Waals surface area contributed by atoms with E-state index in [4.69, 9.17) is 0 Å². The quantitative estimate of drug-likeness (QED) is 0.905. The van der Waals surface area contributed by atoms with Crippen LogP contribution in [0.15, 0.2) is 29.1 Å². The largest absolute Gasteiger partial charge is 0.349 e. The van der Waals surface area contributed by atoms with E-state index in [1.807, 2.05) is 11.8 Å². The molecule has 0 unspecified atom stereocenters. The molecule has 21 heavy (non-hydrogen) atoms. The van der Waals surface area contributed by atoms with Crippen LogP contribution in [0.3, 0.4) is 0 Å². The Morgan fingerprint density at radius 3 is 2.71 bits per heavy atom. The van der Waals surface area contributed by atoms with Crippen molar-refractivity contribution in [2.45, 2.75) is 24.0 Å². The molecule has 0 aliphatic heterocycles. The van der Waals surface area contributed by atoms with E-state index in [0.717, 1.165) is 12.8 Å². The van der Waals surface area contributed by atoms with E-state index < -0.39 is 0 Å². The highest BCUT2D eigenvalue weighted by molar-refractivity contribution is 8.00. The molecule has 1 aromatic heterocycles. The van der Waals surface area contributed by atoms with Crippen molar-refractivity contribution in [2.75, 3.05) is 12.8 Å². The van der Waals surface area contributed by atoms with Gasteiger partial charge in [-0.05, 0) is 25.2 Å². The molecule has 6 heteroatoms. The third kappa shape index (κ3) is 2.55. The predicted octanol–water partition coefficient (Wildman–Crippen LogP) is 1.94. The van der Waals surface area contributed by atoms with Crippen LogP contribution in [0, 0.1) is 0 Å². The molecule has 1 aliphatic rings. The summed E-state index contributed by atoms with van der Waals surface area (Å²) in [6.07, 6.45) is 5.57. The van der Waals surface area contributed by atoms with Gasteiger partial charge >= 0.3 is 0 Å². The second-order valence-corrected chi connectivity index (χ2v) is 6.64. The van der Waals surface area contributed by atoms with Crippen molar-refractivity contribution in [3.05, 3.63) is 40.3 Å². The fourth-order valence-electron chi connectivity index (χ4n) is 2.64. The lowest BCUT2D eigenvalue weighted by Gasteiger charge is -2.40. The fourth-order valence-corrected chi connectivity index (χ4v) is 3.55. The molecule has 1 aromatic carbocycles. The lowest BCUT2D eigenvalue weighted by molar-refractivity contribution is 0.0939. The minimum absolute atomic E-state index is 0.174. The van der Waals surface area contributed by atoms with Crippen molar-refractivity contribution < 1.29 is 4.79 Å². The van der Waals surface area contributed by atoms with E-state index in [-0.39, 0.29) is 21.9 Å². The number of amides is 1. The third-order valence-corrected chi connectivity index (χ3v) is 5.60. The molecule has 2 aromatic rings. The Morgan fingerprint density at radius 1 is 1.38 bits per heavy atom.